The second-order valence-corrected chi connectivity index (χ2v) is 3.34. The zero-order chi connectivity index (χ0) is 9.97. The van der Waals surface area contributed by atoms with Crippen molar-refractivity contribution in [2.24, 2.45) is 0 Å². The lowest BCUT2D eigenvalue weighted by atomic mass is 10.1. The third-order valence-corrected chi connectivity index (χ3v) is 2.17. The quantitative estimate of drug-likeness (QED) is 0.694. The SMILES string of the molecule is CC1=C[C@H](c2ccccc2)NC(=O)N1. The average molecular weight is 188 g/mol. The molecule has 0 radical (unpaired) electrons. The van der Waals surface area contributed by atoms with Crippen molar-refractivity contribution < 1.29 is 4.79 Å². The van der Waals surface area contributed by atoms with Crippen LogP contribution in [0.2, 0.25) is 0 Å². The van der Waals surface area contributed by atoms with Crippen LogP contribution < -0.4 is 10.6 Å². The highest BCUT2D eigenvalue weighted by Gasteiger charge is 2.16. The molecule has 0 aliphatic carbocycles. The van der Waals surface area contributed by atoms with Crippen LogP contribution in [0.5, 0.6) is 0 Å². The average Bonchev–Trinajstić information content (AvgIpc) is 2.18. The van der Waals surface area contributed by atoms with Gasteiger partial charge in [0, 0.05) is 5.70 Å². The van der Waals surface area contributed by atoms with Crippen molar-refractivity contribution in [1.82, 2.24) is 10.6 Å². The van der Waals surface area contributed by atoms with Crippen molar-refractivity contribution in [3.63, 3.8) is 0 Å². The molecule has 1 aromatic rings. The molecule has 0 fully saturated rings. The van der Waals surface area contributed by atoms with Crippen LogP contribution in [0.3, 0.4) is 0 Å². The monoisotopic (exact) mass is 188 g/mol. The molecule has 1 aromatic carbocycles. The Morgan fingerprint density at radius 1 is 1.21 bits per heavy atom. The summed E-state index contributed by atoms with van der Waals surface area (Å²) in [7, 11) is 0. The lowest BCUT2D eigenvalue weighted by Gasteiger charge is -2.22. The summed E-state index contributed by atoms with van der Waals surface area (Å²) in [4.78, 5) is 11.2. The van der Waals surface area contributed by atoms with Crippen molar-refractivity contribution in [3.8, 4) is 0 Å². The topological polar surface area (TPSA) is 41.1 Å². The molecule has 0 bridgehead atoms. The van der Waals surface area contributed by atoms with E-state index in [4.69, 9.17) is 0 Å². The van der Waals surface area contributed by atoms with Crippen molar-refractivity contribution >= 4 is 6.03 Å². The smallest absolute Gasteiger partial charge is 0.319 e. The van der Waals surface area contributed by atoms with E-state index < -0.39 is 0 Å². The standard InChI is InChI=1S/C11H12N2O/c1-8-7-10(13-11(14)12-8)9-5-3-2-4-6-9/h2-7,10H,1H3,(H2,12,13,14)/t10-/m1/s1. The molecule has 2 N–H and O–H groups in total. The third kappa shape index (κ3) is 1.76. The molecule has 3 nitrogen and oxygen atoms in total. The molecule has 0 aromatic heterocycles. The molecule has 0 spiro atoms. The fourth-order valence-corrected chi connectivity index (χ4v) is 1.53. The largest absolute Gasteiger partial charge is 0.327 e. The lowest BCUT2D eigenvalue weighted by molar-refractivity contribution is 0.239. The van der Waals surface area contributed by atoms with Gasteiger partial charge >= 0.3 is 6.03 Å². The predicted octanol–water partition coefficient (Wildman–Crippen LogP) is 1.94. The lowest BCUT2D eigenvalue weighted by Crippen LogP contribution is -2.40. The van der Waals surface area contributed by atoms with Crippen molar-refractivity contribution in [3.05, 3.63) is 47.7 Å². The van der Waals surface area contributed by atoms with Crippen LogP contribution in [0.15, 0.2) is 42.1 Å². The van der Waals surface area contributed by atoms with Gasteiger partial charge in [-0.25, -0.2) is 4.79 Å². The Morgan fingerprint density at radius 3 is 2.57 bits per heavy atom. The zero-order valence-electron chi connectivity index (χ0n) is 7.95. The van der Waals surface area contributed by atoms with Gasteiger partial charge in [-0.1, -0.05) is 30.3 Å². The van der Waals surface area contributed by atoms with E-state index in [1.165, 1.54) is 0 Å². The number of hydrogen-bond acceptors (Lipinski definition) is 1. The summed E-state index contributed by atoms with van der Waals surface area (Å²) in [5, 5.41) is 5.53. The first-order valence-electron chi connectivity index (χ1n) is 4.56. The summed E-state index contributed by atoms with van der Waals surface area (Å²) in [5.74, 6) is 0. The molecular formula is C11H12N2O. The Balaban J connectivity index is 2.28. The Morgan fingerprint density at radius 2 is 1.93 bits per heavy atom. The van der Waals surface area contributed by atoms with Gasteiger partial charge in [0.05, 0.1) is 6.04 Å². The summed E-state index contributed by atoms with van der Waals surface area (Å²) in [6, 6.07) is 9.74. The fraction of sp³-hybridized carbons (Fsp3) is 0.182. The van der Waals surface area contributed by atoms with Crippen LogP contribution in [0.4, 0.5) is 4.79 Å². The van der Waals surface area contributed by atoms with Crippen molar-refractivity contribution in [1.29, 1.82) is 0 Å². The van der Waals surface area contributed by atoms with Gasteiger partial charge in [0.25, 0.3) is 0 Å². The first-order chi connectivity index (χ1) is 6.75. The molecule has 2 amide bonds. The van der Waals surface area contributed by atoms with Gasteiger partial charge in [-0.15, -0.1) is 0 Å². The fourth-order valence-electron chi connectivity index (χ4n) is 1.53. The predicted molar refractivity (Wildman–Crippen MR) is 54.6 cm³/mol. The molecule has 0 saturated heterocycles. The number of nitrogens with one attached hydrogen (secondary N) is 2. The van der Waals surface area contributed by atoms with Gasteiger partial charge in [-0.2, -0.15) is 0 Å². The van der Waals surface area contributed by atoms with Gasteiger partial charge in [0.1, 0.15) is 0 Å². The minimum absolute atomic E-state index is 0.00931. The Labute approximate surface area is 82.8 Å². The number of allylic oxidation sites excluding steroid dienone is 1. The molecule has 3 heteroatoms. The summed E-state index contributed by atoms with van der Waals surface area (Å²) in [5.41, 5.74) is 1.99. The number of carbonyl (C=O) groups excluding carboxylic acids is 1. The molecule has 1 atom stereocenters. The summed E-state index contributed by atoms with van der Waals surface area (Å²) in [6.45, 7) is 1.88. The van der Waals surface area contributed by atoms with E-state index in [-0.39, 0.29) is 12.1 Å². The molecule has 2 rings (SSSR count). The molecule has 72 valence electrons. The van der Waals surface area contributed by atoms with E-state index in [9.17, 15) is 4.79 Å². The van der Waals surface area contributed by atoms with Gasteiger partial charge in [-0.3, -0.25) is 0 Å². The van der Waals surface area contributed by atoms with Crippen LogP contribution >= 0.6 is 0 Å². The first-order valence-corrected chi connectivity index (χ1v) is 4.56. The highest BCUT2D eigenvalue weighted by Crippen LogP contribution is 2.17. The van der Waals surface area contributed by atoms with E-state index in [1.54, 1.807) is 0 Å². The number of urea groups is 1. The van der Waals surface area contributed by atoms with Crippen LogP contribution in [0, 0.1) is 0 Å². The van der Waals surface area contributed by atoms with Crippen LogP contribution in [0.25, 0.3) is 0 Å². The van der Waals surface area contributed by atoms with Gasteiger partial charge < -0.3 is 10.6 Å². The normalized spacial score (nSPS) is 20.8. The van der Waals surface area contributed by atoms with Crippen LogP contribution in [0.1, 0.15) is 18.5 Å². The summed E-state index contributed by atoms with van der Waals surface area (Å²) >= 11 is 0. The van der Waals surface area contributed by atoms with Crippen LogP contribution in [-0.4, -0.2) is 6.03 Å². The molecule has 0 saturated carbocycles. The highest BCUT2D eigenvalue weighted by atomic mass is 16.2. The molecule has 0 unspecified atom stereocenters. The van der Waals surface area contributed by atoms with E-state index in [0.717, 1.165) is 11.3 Å². The minimum atomic E-state index is -0.140. The van der Waals surface area contributed by atoms with E-state index in [1.807, 2.05) is 43.3 Å². The highest BCUT2D eigenvalue weighted by molar-refractivity contribution is 5.78. The first kappa shape index (κ1) is 8.81. The number of hydrogen-bond donors (Lipinski definition) is 2. The molecule has 1 aliphatic heterocycles. The number of rotatable bonds is 1. The zero-order valence-corrected chi connectivity index (χ0v) is 7.95. The van der Waals surface area contributed by atoms with E-state index in [0.29, 0.717) is 0 Å². The summed E-state index contributed by atoms with van der Waals surface area (Å²) < 4.78 is 0. The Kier molecular flexibility index (Phi) is 2.23. The minimum Gasteiger partial charge on any atom is -0.327 e. The molecule has 1 heterocycles. The van der Waals surface area contributed by atoms with Gasteiger partial charge in [0.15, 0.2) is 0 Å². The Hall–Kier alpha value is -1.77. The molecular weight excluding hydrogens is 176 g/mol. The van der Waals surface area contributed by atoms with E-state index in [2.05, 4.69) is 10.6 Å². The third-order valence-electron chi connectivity index (χ3n) is 2.17. The maximum Gasteiger partial charge on any atom is 0.319 e. The maximum atomic E-state index is 11.2. The van der Waals surface area contributed by atoms with Crippen molar-refractivity contribution in [2.75, 3.05) is 0 Å². The number of benzene rings is 1. The second-order valence-electron chi connectivity index (χ2n) is 3.34. The van der Waals surface area contributed by atoms with Gasteiger partial charge in [0.2, 0.25) is 0 Å². The van der Waals surface area contributed by atoms with Gasteiger partial charge in [-0.05, 0) is 18.6 Å². The maximum absolute atomic E-state index is 11.2. The van der Waals surface area contributed by atoms with Crippen LogP contribution in [-0.2, 0) is 0 Å². The molecule has 14 heavy (non-hydrogen) atoms. The molecule has 1 aliphatic rings. The van der Waals surface area contributed by atoms with E-state index >= 15 is 0 Å². The summed E-state index contributed by atoms with van der Waals surface area (Å²) in [6.07, 6.45) is 2.00. The number of carbonyl (C=O) groups is 1. The number of amides is 2. The second kappa shape index (κ2) is 3.54. The van der Waals surface area contributed by atoms with Crippen molar-refractivity contribution in [2.45, 2.75) is 13.0 Å². The Bertz CT molecular complexity index is 370.